The van der Waals surface area contributed by atoms with Gasteiger partial charge in [-0.2, -0.15) is 10.2 Å². The molecular formula is C29H28N6O2. The van der Waals surface area contributed by atoms with Crippen molar-refractivity contribution in [3.63, 3.8) is 0 Å². The Hall–Kier alpha value is -4.46. The largest absolute Gasteiger partial charge is 0.309 e. The Morgan fingerprint density at radius 3 is 1.41 bits per heavy atom. The van der Waals surface area contributed by atoms with E-state index in [4.69, 9.17) is 0 Å². The number of amides is 2. The second-order valence-corrected chi connectivity index (χ2v) is 9.41. The Bertz CT molecular complexity index is 1220. The molecular weight excluding hydrogens is 464 g/mol. The number of anilines is 2. The first-order valence-corrected chi connectivity index (χ1v) is 12.4. The van der Waals surface area contributed by atoms with Gasteiger partial charge in [0, 0.05) is 0 Å². The monoisotopic (exact) mass is 492 g/mol. The van der Waals surface area contributed by atoms with E-state index in [0.717, 1.165) is 41.8 Å². The third kappa shape index (κ3) is 7.27. The summed E-state index contributed by atoms with van der Waals surface area (Å²) in [6.45, 7) is 0. The van der Waals surface area contributed by atoms with Gasteiger partial charge >= 0.3 is 0 Å². The van der Waals surface area contributed by atoms with Gasteiger partial charge in [0.1, 0.15) is 0 Å². The fraction of sp³-hybridized carbons (Fsp3) is 0.241. The molecule has 2 aromatic carbocycles. The molecule has 5 rings (SSSR count). The third-order valence-electron chi connectivity index (χ3n) is 6.40. The minimum atomic E-state index is -0.113. The fourth-order valence-corrected chi connectivity index (χ4v) is 4.35. The Morgan fingerprint density at radius 1 is 0.595 bits per heavy atom. The molecule has 1 fully saturated rings. The molecule has 1 aliphatic carbocycles. The van der Waals surface area contributed by atoms with Crippen LogP contribution in [0, 0.1) is 11.8 Å². The molecule has 2 heterocycles. The van der Waals surface area contributed by atoms with Crippen LogP contribution in [0.5, 0.6) is 0 Å². The van der Waals surface area contributed by atoms with Crippen molar-refractivity contribution in [2.24, 2.45) is 11.8 Å². The van der Waals surface area contributed by atoms with Gasteiger partial charge < -0.3 is 10.6 Å². The summed E-state index contributed by atoms with van der Waals surface area (Å²) in [6, 6.07) is 26.7. The number of carbonyl (C=O) groups excluding carboxylic acids is 2. The van der Waals surface area contributed by atoms with E-state index in [1.54, 1.807) is 12.1 Å². The first-order chi connectivity index (χ1) is 18.1. The number of nitrogens with zero attached hydrogens (tertiary/aromatic N) is 4. The molecule has 186 valence electrons. The molecule has 0 aliphatic heterocycles. The quantitative estimate of drug-likeness (QED) is 0.346. The highest BCUT2D eigenvalue weighted by molar-refractivity contribution is 5.91. The van der Waals surface area contributed by atoms with Gasteiger partial charge in [0.25, 0.3) is 0 Å². The van der Waals surface area contributed by atoms with E-state index in [1.807, 2.05) is 72.8 Å². The zero-order valence-electron chi connectivity index (χ0n) is 20.4. The molecule has 2 N–H and O–H groups in total. The SMILES string of the molecule is O=C(Cc1ccccc1)Nc1ccc(C[C@@H]2C[C@H]2Cc2ccc(NC(=O)Cc3ccccc3)nn2)nn1. The number of benzene rings is 2. The van der Waals surface area contributed by atoms with Crippen LogP contribution in [0.3, 0.4) is 0 Å². The fourth-order valence-electron chi connectivity index (χ4n) is 4.35. The molecule has 2 amide bonds. The standard InChI is InChI=1S/C29H28N6O2/c36-28(15-20-7-3-1-4-8-20)30-26-13-11-24(32-34-26)18-22-17-23(22)19-25-12-14-27(35-33-25)31-29(37)16-21-9-5-2-6-10-21/h1-14,22-23H,15-19H2,(H,30,34,36)(H,31,35,37)/t22-,23-/m0/s1. The second kappa shape index (κ2) is 11.5. The molecule has 2 aromatic heterocycles. The molecule has 0 unspecified atom stereocenters. The van der Waals surface area contributed by atoms with Crippen LogP contribution in [0.25, 0.3) is 0 Å². The maximum atomic E-state index is 12.2. The minimum Gasteiger partial charge on any atom is -0.309 e. The first-order valence-electron chi connectivity index (χ1n) is 12.4. The van der Waals surface area contributed by atoms with Crippen molar-refractivity contribution in [1.29, 1.82) is 0 Å². The molecule has 8 heteroatoms. The smallest absolute Gasteiger partial charge is 0.229 e. The first kappa shape index (κ1) is 24.2. The second-order valence-electron chi connectivity index (χ2n) is 9.41. The van der Waals surface area contributed by atoms with Crippen molar-refractivity contribution < 1.29 is 9.59 Å². The summed E-state index contributed by atoms with van der Waals surface area (Å²) >= 11 is 0. The van der Waals surface area contributed by atoms with Crippen LogP contribution in [0.1, 0.15) is 28.9 Å². The van der Waals surface area contributed by atoms with Gasteiger partial charge in [-0.3, -0.25) is 9.59 Å². The molecule has 0 radical (unpaired) electrons. The van der Waals surface area contributed by atoms with Crippen LogP contribution in [-0.4, -0.2) is 32.2 Å². The van der Waals surface area contributed by atoms with E-state index in [0.29, 0.717) is 36.3 Å². The van der Waals surface area contributed by atoms with Crippen molar-refractivity contribution in [3.05, 3.63) is 107 Å². The van der Waals surface area contributed by atoms with Crippen molar-refractivity contribution >= 4 is 23.5 Å². The summed E-state index contributed by atoms with van der Waals surface area (Å²) in [5.41, 5.74) is 3.74. The summed E-state index contributed by atoms with van der Waals surface area (Å²) < 4.78 is 0. The Morgan fingerprint density at radius 2 is 1.03 bits per heavy atom. The number of carbonyl (C=O) groups is 2. The van der Waals surface area contributed by atoms with E-state index in [-0.39, 0.29) is 11.8 Å². The average molecular weight is 493 g/mol. The lowest BCUT2D eigenvalue weighted by Crippen LogP contribution is -2.16. The molecule has 0 spiro atoms. The van der Waals surface area contributed by atoms with E-state index in [2.05, 4.69) is 31.0 Å². The van der Waals surface area contributed by atoms with Crippen molar-refractivity contribution in [3.8, 4) is 0 Å². The maximum absolute atomic E-state index is 12.2. The summed E-state index contributed by atoms with van der Waals surface area (Å²) in [7, 11) is 0. The van der Waals surface area contributed by atoms with Gasteiger partial charge in [-0.1, -0.05) is 60.7 Å². The average Bonchev–Trinajstić information content (AvgIpc) is 3.64. The lowest BCUT2D eigenvalue weighted by Gasteiger charge is -2.06. The van der Waals surface area contributed by atoms with Crippen LogP contribution in [-0.2, 0) is 35.3 Å². The molecule has 2 atom stereocenters. The van der Waals surface area contributed by atoms with Gasteiger partial charge in [0.15, 0.2) is 11.6 Å². The summed E-state index contributed by atoms with van der Waals surface area (Å²) in [5.74, 6) is 1.75. The predicted octanol–water partition coefficient (Wildman–Crippen LogP) is 4.05. The zero-order valence-corrected chi connectivity index (χ0v) is 20.4. The van der Waals surface area contributed by atoms with Gasteiger partial charge in [-0.15, -0.1) is 10.2 Å². The van der Waals surface area contributed by atoms with Gasteiger partial charge in [0.2, 0.25) is 11.8 Å². The molecule has 4 aromatic rings. The Balaban J connectivity index is 1.04. The number of aromatic nitrogens is 4. The highest BCUT2D eigenvalue weighted by Gasteiger charge is 2.37. The van der Waals surface area contributed by atoms with Crippen LogP contribution in [0.4, 0.5) is 11.6 Å². The van der Waals surface area contributed by atoms with E-state index < -0.39 is 0 Å². The van der Waals surface area contributed by atoms with Crippen LogP contribution in [0.15, 0.2) is 84.9 Å². The van der Waals surface area contributed by atoms with Crippen molar-refractivity contribution in [2.75, 3.05) is 10.6 Å². The highest BCUT2D eigenvalue weighted by atomic mass is 16.2. The van der Waals surface area contributed by atoms with Crippen molar-refractivity contribution in [1.82, 2.24) is 20.4 Å². The van der Waals surface area contributed by atoms with Crippen LogP contribution >= 0.6 is 0 Å². The molecule has 1 saturated carbocycles. The molecule has 37 heavy (non-hydrogen) atoms. The number of hydrogen-bond acceptors (Lipinski definition) is 6. The van der Waals surface area contributed by atoms with Crippen LogP contribution in [0.2, 0.25) is 0 Å². The summed E-state index contributed by atoms with van der Waals surface area (Å²) in [4.78, 5) is 24.4. The molecule has 8 nitrogen and oxygen atoms in total. The number of nitrogens with one attached hydrogen (secondary N) is 2. The molecule has 0 saturated heterocycles. The predicted molar refractivity (Wildman–Crippen MR) is 141 cm³/mol. The topological polar surface area (TPSA) is 110 Å². The summed E-state index contributed by atoms with van der Waals surface area (Å²) in [5, 5.41) is 22.5. The molecule has 1 aliphatic rings. The normalized spacial score (nSPS) is 16.1. The number of rotatable bonds is 10. The van der Waals surface area contributed by atoms with Gasteiger partial charge in [0.05, 0.1) is 24.2 Å². The van der Waals surface area contributed by atoms with E-state index in [9.17, 15) is 9.59 Å². The lowest BCUT2D eigenvalue weighted by atomic mass is 10.1. The van der Waals surface area contributed by atoms with E-state index in [1.165, 1.54) is 0 Å². The Kier molecular flexibility index (Phi) is 7.55. The highest BCUT2D eigenvalue weighted by Crippen LogP contribution is 2.42. The lowest BCUT2D eigenvalue weighted by molar-refractivity contribution is -0.116. The maximum Gasteiger partial charge on any atom is 0.229 e. The molecule has 0 bridgehead atoms. The van der Waals surface area contributed by atoms with Gasteiger partial charge in [-0.05, 0) is 66.5 Å². The van der Waals surface area contributed by atoms with Gasteiger partial charge in [-0.25, -0.2) is 0 Å². The third-order valence-corrected chi connectivity index (χ3v) is 6.40. The van der Waals surface area contributed by atoms with E-state index >= 15 is 0 Å². The van der Waals surface area contributed by atoms with Crippen molar-refractivity contribution in [2.45, 2.75) is 32.1 Å². The number of hydrogen-bond donors (Lipinski definition) is 2. The summed E-state index contributed by atoms with van der Waals surface area (Å²) in [6.07, 6.45) is 3.40. The zero-order chi connectivity index (χ0) is 25.5. The Labute approximate surface area is 215 Å². The van der Waals surface area contributed by atoms with Crippen LogP contribution < -0.4 is 10.6 Å². The minimum absolute atomic E-state index is 0.113.